The Morgan fingerprint density at radius 3 is 2.10 bits per heavy atom. The van der Waals surface area contributed by atoms with Crippen LogP contribution in [0.5, 0.6) is 5.75 Å². The normalized spacial score (nSPS) is 25.6. The summed E-state index contributed by atoms with van der Waals surface area (Å²) < 4.78 is 5.17. The SMILES string of the molecule is COc1ccc(N2C(=O)CC(N(C(=O)C3C(C)(C)C3(C)C)C3CCCC3)C2=O)cc1. The second-order valence-electron chi connectivity index (χ2n) is 10.0. The van der Waals surface area contributed by atoms with Crippen molar-refractivity contribution in [3.8, 4) is 5.75 Å². The Bertz CT molecular complexity index is 854. The molecule has 0 radical (unpaired) electrons. The Morgan fingerprint density at radius 1 is 1.03 bits per heavy atom. The van der Waals surface area contributed by atoms with Gasteiger partial charge in [-0.25, -0.2) is 4.90 Å². The van der Waals surface area contributed by atoms with Crippen LogP contribution in [0, 0.1) is 16.7 Å². The Kier molecular flexibility index (Phi) is 4.94. The number of imide groups is 1. The molecule has 6 heteroatoms. The smallest absolute Gasteiger partial charge is 0.257 e. The second-order valence-corrected chi connectivity index (χ2v) is 10.0. The first-order chi connectivity index (χ1) is 14.1. The number of benzene rings is 1. The quantitative estimate of drug-likeness (QED) is 0.691. The van der Waals surface area contributed by atoms with Crippen LogP contribution in [0.3, 0.4) is 0 Å². The molecule has 1 atom stereocenters. The lowest BCUT2D eigenvalue weighted by molar-refractivity contribution is -0.143. The van der Waals surface area contributed by atoms with Gasteiger partial charge in [0, 0.05) is 12.0 Å². The molecule has 162 valence electrons. The zero-order chi connectivity index (χ0) is 21.8. The summed E-state index contributed by atoms with van der Waals surface area (Å²) >= 11 is 0. The monoisotopic (exact) mass is 412 g/mol. The molecule has 30 heavy (non-hydrogen) atoms. The second kappa shape index (κ2) is 7.10. The molecule has 0 aromatic heterocycles. The molecule has 3 fully saturated rings. The van der Waals surface area contributed by atoms with E-state index in [1.807, 2.05) is 0 Å². The predicted molar refractivity (Wildman–Crippen MR) is 114 cm³/mol. The van der Waals surface area contributed by atoms with Gasteiger partial charge in [0.1, 0.15) is 11.8 Å². The molecular weight excluding hydrogens is 380 g/mol. The van der Waals surface area contributed by atoms with E-state index in [2.05, 4.69) is 27.7 Å². The van der Waals surface area contributed by atoms with Crippen LogP contribution in [-0.4, -0.2) is 41.8 Å². The number of anilines is 1. The molecule has 3 aliphatic rings. The summed E-state index contributed by atoms with van der Waals surface area (Å²) in [5.41, 5.74) is 0.309. The molecule has 1 unspecified atom stereocenters. The summed E-state index contributed by atoms with van der Waals surface area (Å²) in [5.74, 6) is 0.0421. The largest absolute Gasteiger partial charge is 0.497 e. The number of carbonyl (C=O) groups excluding carboxylic acids is 3. The van der Waals surface area contributed by atoms with Crippen LogP contribution < -0.4 is 9.64 Å². The summed E-state index contributed by atoms with van der Waals surface area (Å²) in [4.78, 5) is 43.0. The molecule has 2 saturated carbocycles. The van der Waals surface area contributed by atoms with Crippen LogP contribution in [0.25, 0.3) is 0 Å². The highest BCUT2D eigenvalue weighted by Gasteiger charge is 2.69. The number of rotatable bonds is 5. The maximum atomic E-state index is 13.7. The minimum atomic E-state index is -0.706. The lowest BCUT2D eigenvalue weighted by Crippen LogP contribution is -2.51. The molecule has 0 N–H and O–H groups in total. The van der Waals surface area contributed by atoms with Crippen LogP contribution in [0.4, 0.5) is 5.69 Å². The van der Waals surface area contributed by atoms with Crippen molar-refractivity contribution < 1.29 is 19.1 Å². The Morgan fingerprint density at radius 2 is 1.60 bits per heavy atom. The van der Waals surface area contributed by atoms with Gasteiger partial charge in [0.05, 0.1) is 19.2 Å². The lowest BCUT2D eigenvalue weighted by atomic mass is 10.0. The van der Waals surface area contributed by atoms with Gasteiger partial charge in [-0.1, -0.05) is 40.5 Å². The van der Waals surface area contributed by atoms with Gasteiger partial charge in [0.2, 0.25) is 11.8 Å². The maximum absolute atomic E-state index is 13.7. The van der Waals surface area contributed by atoms with Gasteiger partial charge in [0.15, 0.2) is 0 Å². The van der Waals surface area contributed by atoms with E-state index in [-0.39, 0.29) is 46.9 Å². The summed E-state index contributed by atoms with van der Waals surface area (Å²) in [5, 5.41) is 0. The molecule has 6 nitrogen and oxygen atoms in total. The highest BCUT2D eigenvalue weighted by atomic mass is 16.5. The van der Waals surface area contributed by atoms with Gasteiger partial charge in [-0.3, -0.25) is 14.4 Å². The average molecular weight is 413 g/mol. The fraction of sp³-hybridized carbons (Fsp3) is 0.625. The van der Waals surface area contributed by atoms with E-state index in [0.717, 1.165) is 25.7 Å². The molecule has 2 aliphatic carbocycles. The van der Waals surface area contributed by atoms with Gasteiger partial charge in [-0.15, -0.1) is 0 Å². The van der Waals surface area contributed by atoms with Crippen molar-refractivity contribution in [3.63, 3.8) is 0 Å². The van der Waals surface area contributed by atoms with Crippen molar-refractivity contribution in [1.29, 1.82) is 0 Å². The number of hydrogen-bond donors (Lipinski definition) is 0. The Balaban J connectivity index is 1.63. The number of hydrogen-bond acceptors (Lipinski definition) is 4. The highest BCUT2D eigenvalue weighted by molar-refractivity contribution is 6.23. The molecule has 0 bridgehead atoms. The van der Waals surface area contributed by atoms with Crippen LogP contribution in [-0.2, 0) is 14.4 Å². The van der Waals surface area contributed by atoms with Crippen molar-refractivity contribution in [2.24, 2.45) is 16.7 Å². The fourth-order valence-electron chi connectivity index (χ4n) is 5.57. The zero-order valence-corrected chi connectivity index (χ0v) is 18.6. The number of methoxy groups -OCH3 is 1. The zero-order valence-electron chi connectivity index (χ0n) is 18.6. The topological polar surface area (TPSA) is 66.9 Å². The van der Waals surface area contributed by atoms with Crippen molar-refractivity contribution in [1.82, 2.24) is 4.90 Å². The number of nitrogens with zero attached hydrogens (tertiary/aromatic N) is 2. The van der Waals surface area contributed by atoms with Gasteiger partial charge in [0.25, 0.3) is 5.91 Å². The number of carbonyl (C=O) groups is 3. The minimum Gasteiger partial charge on any atom is -0.497 e. The first-order valence-electron chi connectivity index (χ1n) is 10.9. The first-order valence-corrected chi connectivity index (χ1v) is 10.9. The molecule has 1 saturated heterocycles. The van der Waals surface area contributed by atoms with E-state index < -0.39 is 6.04 Å². The minimum absolute atomic E-state index is 0.0413. The molecule has 1 aromatic rings. The van der Waals surface area contributed by atoms with Crippen LogP contribution in [0.15, 0.2) is 24.3 Å². The molecule has 1 aliphatic heterocycles. The van der Waals surface area contributed by atoms with E-state index in [1.54, 1.807) is 36.3 Å². The first kappa shape index (κ1) is 20.9. The standard InChI is InChI=1S/C24H32N2O4/c1-23(2)20(24(23,3)4)22(29)25(15-8-6-7-9-15)18-14-19(27)26(21(18)28)16-10-12-17(30-5)13-11-16/h10-13,15,18,20H,6-9,14H2,1-5H3. The average Bonchev–Trinajstić information content (AvgIpc) is 3.12. The predicted octanol–water partition coefficient (Wildman–Crippen LogP) is 3.78. The Labute approximate surface area is 178 Å². The summed E-state index contributed by atoms with van der Waals surface area (Å²) in [7, 11) is 1.57. The van der Waals surface area contributed by atoms with Crippen molar-refractivity contribution in [3.05, 3.63) is 24.3 Å². The molecule has 0 spiro atoms. The third-order valence-corrected chi connectivity index (χ3v) is 8.03. The summed E-state index contributed by atoms with van der Waals surface area (Å²) in [6, 6.07) is 6.23. The number of ether oxygens (including phenoxy) is 1. The van der Waals surface area contributed by atoms with Gasteiger partial charge < -0.3 is 9.64 Å². The molecule has 1 heterocycles. The third-order valence-electron chi connectivity index (χ3n) is 8.03. The van der Waals surface area contributed by atoms with E-state index in [9.17, 15) is 14.4 Å². The molecule has 3 amide bonds. The third kappa shape index (κ3) is 3.03. The van der Waals surface area contributed by atoms with E-state index in [0.29, 0.717) is 11.4 Å². The number of amides is 3. The summed E-state index contributed by atoms with van der Waals surface area (Å²) in [6.07, 6.45) is 3.98. The molecule has 1 aromatic carbocycles. The van der Waals surface area contributed by atoms with Crippen molar-refractivity contribution in [2.75, 3.05) is 12.0 Å². The fourth-order valence-corrected chi connectivity index (χ4v) is 5.57. The summed E-state index contributed by atoms with van der Waals surface area (Å²) in [6.45, 7) is 8.47. The van der Waals surface area contributed by atoms with Crippen molar-refractivity contribution >= 4 is 23.4 Å². The van der Waals surface area contributed by atoms with E-state index >= 15 is 0 Å². The van der Waals surface area contributed by atoms with Gasteiger partial charge >= 0.3 is 0 Å². The van der Waals surface area contributed by atoms with E-state index in [4.69, 9.17) is 4.74 Å². The van der Waals surface area contributed by atoms with Crippen LogP contribution >= 0.6 is 0 Å². The lowest BCUT2D eigenvalue weighted by Gasteiger charge is -2.34. The van der Waals surface area contributed by atoms with Crippen molar-refractivity contribution in [2.45, 2.75) is 71.9 Å². The maximum Gasteiger partial charge on any atom is 0.257 e. The molecular formula is C24H32N2O4. The van der Waals surface area contributed by atoms with E-state index in [1.165, 1.54) is 4.90 Å². The van der Waals surface area contributed by atoms with Gasteiger partial charge in [-0.05, 0) is 47.9 Å². The molecule has 4 rings (SSSR count). The van der Waals surface area contributed by atoms with Crippen LogP contribution in [0.1, 0.15) is 59.8 Å². The Hall–Kier alpha value is -2.37. The van der Waals surface area contributed by atoms with Gasteiger partial charge in [-0.2, -0.15) is 0 Å². The highest BCUT2D eigenvalue weighted by Crippen LogP contribution is 2.69. The van der Waals surface area contributed by atoms with Crippen LogP contribution in [0.2, 0.25) is 0 Å².